The summed E-state index contributed by atoms with van der Waals surface area (Å²) in [5.74, 6) is 1.32. The van der Waals surface area contributed by atoms with Gasteiger partial charge >= 0.3 is 0 Å². The molecule has 1 aromatic heterocycles. The Bertz CT molecular complexity index is 1070. The van der Waals surface area contributed by atoms with Crippen LogP contribution in [-0.2, 0) is 6.42 Å². The number of nitrogens with zero attached hydrogens (tertiary/aromatic N) is 3. The molecule has 1 aliphatic heterocycles. The third kappa shape index (κ3) is 4.42. The van der Waals surface area contributed by atoms with Crippen molar-refractivity contribution in [3.8, 4) is 0 Å². The Morgan fingerprint density at radius 3 is 2.45 bits per heavy atom. The molecule has 4 rings (SSSR count). The van der Waals surface area contributed by atoms with Crippen molar-refractivity contribution in [2.75, 3.05) is 31.1 Å². The third-order valence-electron chi connectivity index (χ3n) is 5.37. The molecule has 2 heterocycles. The van der Waals surface area contributed by atoms with Crippen LogP contribution >= 0.6 is 8.86 Å². The van der Waals surface area contributed by atoms with Gasteiger partial charge in [0.15, 0.2) is 0 Å². The Kier molecular flexibility index (Phi) is 5.79. The first kappa shape index (κ1) is 19.8. The van der Waals surface area contributed by atoms with Gasteiger partial charge in [-0.05, 0) is 35.6 Å². The molecule has 0 unspecified atom stereocenters. The molecule has 0 aliphatic carbocycles. The van der Waals surface area contributed by atoms with Gasteiger partial charge < -0.3 is 4.90 Å². The Labute approximate surface area is 173 Å². The van der Waals surface area contributed by atoms with Crippen molar-refractivity contribution in [1.82, 2.24) is 14.9 Å². The summed E-state index contributed by atoms with van der Waals surface area (Å²) in [5.41, 5.74) is 4.34. The van der Waals surface area contributed by atoms with Crippen molar-refractivity contribution < 1.29 is 0 Å². The first-order valence-corrected chi connectivity index (χ1v) is 10.7. The van der Waals surface area contributed by atoms with Gasteiger partial charge in [0.1, 0.15) is 0 Å². The zero-order chi connectivity index (χ0) is 20.4. The van der Waals surface area contributed by atoms with E-state index in [2.05, 4.69) is 66.7 Å². The van der Waals surface area contributed by atoms with Crippen LogP contribution in [-0.4, -0.2) is 46.5 Å². The minimum absolute atomic E-state index is 0.0816. The molecule has 1 aliphatic rings. The SMILES string of the molecule is CC(C)Cc1ccc(C(=P)N2CCN(c3nc4ccccc4c(=O)[nH]3)CC2)cc1. The van der Waals surface area contributed by atoms with Crippen molar-refractivity contribution in [3.63, 3.8) is 0 Å². The van der Waals surface area contributed by atoms with Crippen LogP contribution in [0.4, 0.5) is 5.95 Å². The fraction of sp³-hybridized carbons (Fsp3) is 0.348. The second kappa shape index (κ2) is 8.48. The Morgan fingerprint density at radius 2 is 1.76 bits per heavy atom. The fourth-order valence-electron chi connectivity index (χ4n) is 3.82. The van der Waals surface area contributed by atoms with Crippen LogP contribution in [0.1, 0.15) is 25.0 Å². The van der Waals surface area contributed by atoms with E-state index in [1.165, 1.54) is 11.1 Å². The molecule has 150 valence electrons. The van der Waals surface area contributed by atoms with Crippen molar-refractivity contribution in [1.29, 1.82) is 0 Å². The van der Waals surface area contributed by atoms with Gasteiger partial charge in [0.05, 0.1) is 10.9 Å². The third-order valence-corrected chi connectivity index (χ3v) is 5.97. The predicted molar refractivity (Wildman–Crippen MR) is 124 cm³/mol. The van der Waals surface area contributed by atoms with E-state index >= 15 is 0 Å². The van der Waals surface area contributed by atoms with Crippen molar-refractivity contribution in [3.05, 3.63) is 70.0 Å². The number of benzene rings is 2. The summed E-state index contributed by atoms with van der Waals surface area (Å²) in [5, 5.41) is 0.631. The summed E-state index contributed by atoms with van der Waals surface area (Å²) in [6, 6.07) is 16.3. The molecular weight excluding hydrogens is 379 g/mol. The topological polar surface area (TPSA) is 52.2 Å². The number of aromatic nitrogens is 2. The van der Waals surface area contributed by atoms with E-state index in [1.807, 2.05) is 18.2 Å². The van der Waals surface area contributed by atoms with E-state index in [4.69, 9.17) is 0 Å². The van der Waals surface area contributed by atoms with E-state index in [9.17, 15) is 4.79 Å². The maximum atomic E-state index is 12.3. The van der Waals surface area contributed by atoms with Gasteiger partial charge in [-0.1, -0.05) is 50.2 Å². The van der Waals surface area contributed by atoms with Crippen molar-refractivity contribution >= 4 is 31.1 Å². The number of hydrogen-bond acceptors (Lipinski definition) is 3. The van der Waals surface area contributed by atoms with E-state index in [0.717, 1.165) is 43.5 Å². The lowest BCUT2D eigenvalue weighted by Gasteiger charge is -2.35. The molecular formula is C23H27N4OP. The first-order chi connectivity index (χ1) is 14.0. The summed E-state index contributed by atoms with van der Waals surface area (Å²) in [6.45, 7) is 7.83. The number of H-pyrrole nitrogens is 1. The number of anilines is 1. The highest BCUT2D eigenvalue weighted by molar-refractivity contribution is 7.21. The molecule has 5 nitrogen and oxygen atoms in total. The van der Waals surface area contributed by atoms with E-state index in [1.54, 1.807) is 6.07 Å². The zero-order valence-electron chi connectivity index (χ0n) is 17.0. The number of para-hydroxylation sites is 1. The summed E-state index contributed by atoms with van der Waals surface area (Å²) < 4.78 is 0. The molecule has 0 amide bonds. The maximum Gasteiger partial charge on any atom is 0.260 e. The van der Waals surface area contributed by atoms with Crippen LogP contribution in [0.3, 0.4) is 0 Å². The second-order valence-corrected chi connectivity index (χ2v) is 8.50. The minimum atomic E-state index is -0.0816. The van der Waals surface area contributed by atoms with Crippen LogP contribution in [0.15, 0.2) is 53.3 Å². The lowest BCUT2D eigenvalue weighted by molar-refractivity contribution is 0.389. The highest BCUT2D eigenvalue weighted by Crippen LogP contribution is 2.17. The Morgan fingerprint density at radius 1 is 1.07 bits per heavy atom. The number of nitrogens with one attached hydrogen (secondary N) is 1. The monoisotopic (exact) mass is 406 g/mol. The molecule has 1 fully saturated rings. The maximum absolute atomic E-state index is 12.3. The molecule has 1 N–H and O–H groups in total. The van der Waals surface area contributed by atoms with Gasteiger partial charge in [-0.2, -0.15) is 0 Å². The van der Waals surface area contributed by atoms with Gasteiger partial charge in [0, 0.05) is 31.6 Å². The lowest BCUT2D eigenvalue weighted by Crippen LogP contribution is -2.49. The summed E-state index contributed by atoms with van der Waals surface area (Å²) in [6.07, 6.45) is 1.10. The van der Waals surface area contributed by atoms with Crippen LogP contribution in [0, 0.1) is 5.92 Å². The molecule has 0 saturated carbocycles. The van der Waals surface area contributed by atoms with Gasteiger partial charge in [-0.15, -0.1) is 8.86 Å². The molecule has 2 aromatic carbocycles. The van der Waals surface area contributed by atoms with Gasteiger partial charge in [-0.25, -0.2) is 4.98 Å². The van der Waals surface area contributed by atoms with Gasteiger partial charge in [-0.3, -0.25) is 14.7 Å². The van der Waals surface area contributed by atoms with Crippen LogP contribution < -0.4 is 10.5 Å². The second-order valence-electron chi connectivity index (χ2n) is 8.02. The molecule has 6 heteroatoms. The van der Waals surface area contributed by atoms with E-state index in [-0.39, 0.29) is 5.56 Å². The molecule has 3 aromatic rings. The molecule has 0 radical (unpaired) electrons. The average molecular weight is 406 g/mol. The molecule has 0 spiro atoms. The lowest BCUT2D eigenvalue weighted by atomic mass is 10.0. The average Bonchev–Trinajstić information content (AvgIpc) is 2.73. The summed E-state index contributed by atoms with van der Waals surface area (Å²) in [4.78, 5) is 24.4. The Hall–Kier alpha value is -2.49. The Balaban J connectivity index is 1.43. The van der Waals surface area contributed by atoms with Gasteiger partial charge in [0.25, 0.3) is 5.56 Å². The number of piperazine rings is 1. The first-order valence-electron chi connectivity index (χ1n) is 10.2. The molecule has 1 saturated heterocycles. The van der Waals surface area contributed by atoms with Crippen LogP contribution in [0.5, 0.6) is 0 Å². The van der Waals surface area contributed by atoms with Crippen LogP contribution in [0.25, 0.3) is 10.9 Å². The van der Waals surface area contributed by atoms with Crippen LogP contribution in [0.2, 0.25) is 0 Å². The fourth-order valence-corrected chi connectivity index (χ4v) is 4.21. The standard InChI is InChI=1S/C23H27N4OP/c1-16(2)15-17-7-9-18(10-8-17)22(29)26-11-13-27(14-12-26)23-24-20-6-4-3-5-19(20)21(28)25-23/h3-10,16,29H,11-15H2,1-2H3,(H,24,25,28). The highest BCUT2D eigenvalue weighted by atomic mass is 31.0. The number of rotatable bonds is 5. The van der Waals surface area contributed by atoms with Gasteiger partial charge in [0.2, 0.25) is 5.95 Å². The van der Waals surface area contributed by atoms with E-state index in [0.29, 0.717) is 17.3 Å². The molecule has 29 heavy (non-hydrogen) atoms. The largest absolute Gasteiger partial charge is 0.340 e. The zero-order valence-corrected chi connectivity index (χ0v) is 18.0. The molecule has 0 atom stereocenters. The molecule has 0 bridgehead atoms. The minimum Gasteiger partial charge on any atom is -0.340 e. The van der Waals surface area contributed by atoms with Crippen molar-refractivity contribution in [2.45, 2.75) is 20.3 Å². The normalized spacial score (nSPS) is 15.2. The van der Waals surface area contributed by atoms with E-state index < -0.39 is 0 Å². The predicted octanol–water partition coefficient (Wildman–Crippen LogP) is 3.56. The number of hydrogen-bond donors (Lipinski definition) is 1. The number of fused-ring (bicyclic) bond motifs is 1. The quantitative estimate of drug-likeness (QED) is 0.659. The number of aromatic amines is 1. The highest BCUT2D eigenvalue weighted by Gasteiger charge is 2.22. The summed E-state index contributed by atoms with van der Waals surface area (Å²) in [7, 11) is 3.85. The van der Waals surface area contributed by atoms with Crippen molar-refractivity contribution in [2.24, 2.45) is 5.92 Å². The summed E-state index contributed by atoms with van der Waals surface area (Å²) >= 11 is 0. The smallest absolute Gasteiger partial charge is 0.260 e.